The van der Waals surface area contributed by atoms with E-state index in [9.17, 15) is 0 Å². The van der Waals surface area contributed by atoms with Gasteiger partial charge in [0.05, 0.1) is 6.33 Å². The quantitative estimate of drug-likeness (QED) is 0.500. The Labute approximate surface area is 187 Å². The van der Waals surface area contributed by atoms with Crippen LogP contribution in [-0.4, -0.2) is 55.7 Å². The molecule has 5 heterocycles. The highest BCUT2D eigenvalue weighted by molar-refractivity contribution is 5.84. The molecular weight excluding hydrogens is 402 g/mol. The summed E-state index contributed by atoms with van der Waals surface area (Å²) in [5, 5.41) is 3.46. The molecule has 1 saturated heterocycles. The summed E-state index contributed by atoms with van der Waals surface area (Å²) in [6, 6.07) is 10.3. The van der Waals surface area contributed by atoms with Crippen LogP contribution in [0, 0.1) is 0 Å². The second-order valence-corrected chi connectivity index (χ2v) is 8.17. The van der Waals surface area contributed by atoms with Gasteiger partial charge in [-0.3, -0.25) is 4.98 Å². The molecule has 0 radical (unpaired) electrons. The average molecular weight is 430 g/mol. The van der Waals surface area contributed by atoms with Crippen LogP contribution >= 0.6 is 0 Å². The number of piperazine rings is 1. The molecule has 1 aliphatic heterocycles. The smallest absolute Gasteiger partial charge is 0.229 e. The number of nitrogens with one attached hydrogen (secondary N) is 1. The standard InChI is InChI=1S/C23H27N9/c1-17(2)32-16-27-20-21(26-15-18-6-5-8-24-14-18)28-23(29-22(20)32)31-12-10-30(11-13-31)19-7-3-4-9-25-19/h3-9,14,16-17H,10-13,15H2,1-2H3,(H,26,28,29). The summed E-state index contributed by atoms with van der Waals surface area (Å²) in [6.07, 6.45) is 7.32. The first-order chi connectivity index (χ1) is 15.7. The minimum atomic E-state index is 0.259. The monoisotopic (exact) mass is 429 g/mol. The van der Waals surface area contributed by atoms with Gasteiger partial charge in [-0.25, -0.2) is 9.97 Å². The van der Waals surface area contributed by atoms with Crippen molar-refractivity contribution in [1.82, 2.24) is 29.5 Å². The molecule has 32 heavy (non-hydrogen) atoms. The van der Waals surface area contributed by atoms with Crippen LogP contribution in [0.25, 0.3) is 11.2 Å². The van der Waals surface area contributed by atoms with Crippen LogP contribution in [0.15, 0.2) is 55.2 Å². The lowest BCUT2D eigenvalue weighted by atomic mass is 10.3. The van der Waals surface area contributed by atoms with E-state index in [2.05, 4.69) is 54.5 Å². The maximum atomic E-state index is 4.92. The van der Waals surface area contributed by atoms with Crippen molar-refractivity contribution >= 4 is 28.7 Å². The molecule has 4 aromatic heterocycles. The Kier molecular flexibility index (Phi) is 5.53. The lowest BCUT2D eigenvalue weighted by molar-refractivity contribution is 0.609. The molecule has 9 heteroatoms. The fourth-order valence-electron chi connectivity index (χ4n) is 3.91. The fourth-order valence-corrected chi connectivity index (χ4v) is 3.91. The van der Waals surface area contributed by atoms with Gasteiger partial charge >= 0.3 is 0 Å². The van der Waals surface area contributed by atoms with Crippen molar-refractivity contribution in [3.63, 3.8) is 0 Å². The third-order valence-electron chi connectivity index (χ3n) is 5.68. The number of aromatic nitrogens is 6. The SMILES string of the molecule is CC(C)n1cnc2c(NCc3cccnc3)nc(N3CCN(c4ccccn4)CC3)nc21. The van der Waals surface area contributed by atoms with Crippen LogP contribution < -0.4 is 15.1 Å². The van der Waals surface area contributed by atoms with E-state index in [1.807, 2.05) is 43.0 Å². The predicted octanol–water partition coefficient (Wildman–Crippen LogP) is 3.14. The molecule has 0 unspecified atom stereocenters. The summed E-state index contributed by atoms with van der Waals surface area (Å²) < 4.78 is 2.10. The van der Waals surface area contributed by atoms with Crippen LogP contribution in [0.5, 0.6) is 0 Å². The van der Waals surface area contributed by atoms with Gasteiger partial charge < -0.3 is 19.7 Å². The Morgan fingerprint density at radius 1 is 0.938 bits per heavy atom. The molecule has 1 N–H and O–H groups in total. The van der Waals surface area contributed by atoms with Gasteiger partial charge in [0.1, 0.15) is 5.82 Å². The van der Waals surface area contributed by atoms with Gasteiger partial charge in [-0.15, -0.1) is 0 Å². The normalized spacial score (nSPS) is 14.3. The van der Waals surface area contributed by atoms with Crippen LogP contribution in [0.3, 0.4) is 0 Å². The highest BCUT2D eigenvalue weighted by Gasteiger charge is 2.23. The van der Waals surface area contributed by atoms with Crippen molar-refractivity contribution in [2.45, 2.75) is 26.4 Å². The Morgan fingerprint density at radius 3 is 2.50 bits per heavy atom. The summed E-state index contributed by atoms with van der Waals surface area (Å²) >= 11 is 0. The third kappa shape index (κ3) is 4.05. The molecule has 0 aliphatic carbocycles. The molecule has 4 aromatic rings. The van der Waals surface area contributed by atoms with Gasteiger partial charge in [-0.2, -0.15) is 9.97 Å². The van der Waals surface area contributed by atoms with Crippen LogP contribution in [0.4, 0.5) is 17.6 Å². The number of fused-ring (bicyclic) bond motifs is 1. The van der Waals surface area contributed by atoms with Crippen molar-refractivity contribution in [2.24, 2.45) is 0 Å². The molecule has 0 spiro atoms. The lowest BCUT2D eigenvalue weighted by Crippen LogP contribution is -2.47. The molecule has 0 aromatic carbocycles. The zero-order valence-corrected chi connectivity index (χ0v) is 18.4. The van der Waals surface area contributed by atoms with Crippen molar-refractivity contribution in [2.75, 3.05) is 41.3 Å². The molecule has 1 fully saturated rings. The molecule has 164 valence electrons. The number of anilines is 3. The highest BCUT2D eigenvalue weighted by Crippen LogP contribution is 2.26. The van der Waals surface area contributed by atoms with E-state index in [1.165, 1.54) is 0 Å². The van der Waals surface area contributed by atoms with Gasteiger partial charge in [0.15, 0.2) is 17.0 Å². The van der Waals surface area contributed by atoms with E-state index in [0.29, 0.717) is 6.54 Å². The predicted molar refractivity (Wildman–Crippen MR) is 126 cm³/mol. The zero-order chi connectivity index (χ0) is 21.9. The van der Waals surface area contributed by atoms with E-state index in [-0.39, 0.29) is 6.04 Å². The average Bonchev–Trinajstić information content (AvgIpc) is 3.28. The van der Waals surface area contributed by atoms with Gasteiger partial charge in [-0.1, -0.05) is 12.1 Å². The van der Waals surface area contributed by atoms with Crippen molar-refractivity contribution < 1.29 is 0 Å². The first kappa shape index (κ1) is 20.2. The van der Waals surface area contributed by atoms with Crippen LogP contribution in [0.1, 0.15) is 25.5 Å². The fraction of sp³-hybridized carbons (Fsp3) is 0.348. The topological polar surface area (TPSA) is 87.9 Å². The van der Waals surface area contributed by atoms with Gasteiger partial charge in [0.25, 0.3) is 0 Å². The zero-order valence-electron chi connectivity index (χ0n) is 18.4. The van der Waals surface area contributed by atoms with Crippen molar-refractivity contribution in [3.8, 4) is 0 Å². The number of nitrogens with zero attached hydrogens (tertiary/aromatic N) is 8. The Morgan fingerprint density at radius 2 is 1.78 bits per heavy atom. The summed E-state index contributed by atoms with van der Waals surface area (Å²) in [4.78, 5) is 27.6. The number of rotatable bonds is 6. The van der Waals surface area contributed by atoms with E-state index in [4.69, 9.17) is 9.97 Å². The summed E-state index contributed by atoms with van der Waals surface area (Å²) in [5.41, 5.74) is 2.73. The summed E-state index contributed by atoms with van der Waals surface area (Å²) in [5.74, 6) is 2.50. The minimum Gasteiger partial charge on any atom is -0.364 e. The van der Waals surface area contributed by atoms with Gasteiger partial charge in [0, 0.05) is 57.4 Å². The number of imidazole rings is 1. The Balaban J connectivity index is 1.41. The molecule has 0 saturated carbocycles. The van der Waals surface area contributed by atoms with Crippen LogP contribution in [0.2, 0.25) is 0 Å². The molecule has 9 nitrogen and oxygen atoms in total. The summed E-state index contributed by atoms with van der Waals surface area (Å²) in [7, 11) is 0. The lowest BCUT2D eigenvalue weighted by Gasteiger charge is -2.35. The second-order valence-electron chi connectivity index (χ2n) is 8.17. The van der Waals surface area contributed by atoms with E-state index < -0.39 is 0 Å². The van der Waals surface area contributed by atoms with Crippen molar-refractivity contribution in [3.05, 3.63) is 60.8 Å². The van der Waals surface area contributed by atoms with E-state index in [0.717, 1.165) is 60.5 Å². The third-order valence-corrected chi connectivity index (χ3v) is 5.68. The molecule has 5 rings (SSSR count). The number of hydrogen-bond acceptors (Lipinski definition) is 8. The first-order valence-electron chi connectivity index (χ1n) is 11.0. The van der Waals surface area contributed by atoms with E-state index in [1.54, 1.807) is 6.20 Å². The van der Waals surface area contributed by atoms with Crippen LogP contribution in [-0.2, 0) is 6.54 Å². The maximum Gasteiger partial charge on any atom is 0.229 e. The Bertz CT molecular complexity index is 1170. The minimum absolute atomic E-state index is 0.259. The van der Waals surface area contributed by atoms with Gasteiger partial charge in [0.2, 0.25) is 5.95 Å². The van der Waals surface area contributed by atoms with Crippen molar-refractivity contribution in [1.29, 1.82) is 0 Å². The van der Waals surface area contributed by atoms with Gasteiger partial charge in [-0.05, 0) is 37.6 Å². The number of pyridine rings is 2. The Hall–Kier alpha value is -3.75. The summed E-state index contributed by atoms with van der Waals surface area (Å²) in [6.45, 7) is 8.32. The molecule has 1 aliphatic rings. The second kappa shape index (κ2) is 8.78. The molecule has 0 amide bonds. The maximum absolute atomic E-state index is 4.92. The van der Waals surface area contributed by atoms with E-state index >= 15 is 0 Å². The molecule has 0 atom stereocenters. The molecular formula is C23H27N9. The highest BCUT2D eigenvalue weighted by atomic mass is 15.3. The largest absolute Gasteiger partial charge is 0.364 e. The number of hydrogen-bond donors (Lipinski definition) is 1. The first-order valence-corrected chi connectivity index (χ1v) is 11.0. The molecule has 0 bridgehead atoms.